The average Bonchev–Trinajstić information content (AvgIpc) is 2.63. The Bertz CT molecular complexity index is 649. The lowest BCUT2D eigenvalue weighted by Crippen LogP contribution is -2.41. The molecule has 0 spiro atoms. The van der Waals surface area contributed by atoms with Gasteiger partial charge < -0.3 is 9.31 Å². The minimum atomic E-state index is -2.52. The lowest BCUT2D eigenvalue weighted by atomic mass is 9.78. The van der Waals surface area contributed by atoms with E-state index in [-0.39, 0.29) is 18.8 Å². The van der Waals surface area contributed by atoms with Gasteiger partial charge in [-0.3, -0.25) is 0 Å². The van der Waals surface area contributed by atoms with E-state index in [1.54, 1.807) is 0 Å². The summed E-state index contributed by atoms with van der Waals surface area (Å²) in [7, 11) is -0.435. The third kappa shape index (κ3) is 3.29. The van der Waals surface area contributed by atoms with Crippen molar-refractivity contribution in [1.82, 2.24) is 0 Å². The zero-order chi connectivity index (χ0) is 16.9. The molecular weight excluding hydrogens is 297 g/mol. The predicted molar refractivity (Wildman–Crippen MR) is 86.7 cm³/mol. The summed E-state index contributed by atoms with van der Waals surface area (Å²) in [5.41, 5.74) is 0.912. The van der Waals surface area contributed by atoms with Crippen molar-refractivity contribution in [2.75, 3.05) is 0 Å². The van der Waals surface area contributed by atoms with E-state index in [9.17, 15) is 8.78 Å². The summed E-state index contributed by atoms with van der Waals surface area (Å²) < 4.78 is 37.7. The van der Waals surface area contributed by atoms with E-state index in [0.717, 1.165) is 11.0 Å². The summed E-state index contributed by atoms with van der Waals surface area (Å²) in [6.07, 6.45) is -0.256. The molecule has 1 heterocycles. The van der Waals surface area contributed by atoms with Gasteiger partial charge in [-0.1, -0.05) is 24.0 Å². The van der Waals surface area contributed by atoms with Crippen molar-refractivity contribution in [3.05, 3.63) is 29.8 Å². The Kier molecular flexibility index (Phi) is 3.82. The maximum absolute atomic E-state index is 12.8. The van der Waals surface area contributed by atoms with Crippen LogP contribution in [-0.4, -0.2) is 24.2 Å². The summed E-state index contributed by atoms with van der Waals surface area (Å²) in [5, 5.41) is 0. The third-order valence-electron chi connectivity index (χ3n) is 4.92. The Morgan fingerprint density at radius 2 is 1.70 bits per heavy atom. The van der Waals surface area contributed by atoms with Gasteiger partial charge in [-0.25, -0.2) is 8.78 Å². The van der Waals surface area contributed by atoms with Gasteiger partial charge in [0.15, 0.2) is 0 Å². The van der Waals surface area contributed by atoms with Gasteiger partial charge in [0.1, 0.15) is 0 Å². The summed E-state index contributed by atoms with van der Waals surface area (Å²) in [6.45, 7) is 8.03. The van der Waals surface area contributed by atoms with Gasteiger partial charge in [-0.05, 0) is 45.3 Å². The summed E-state index contributed by atoms with van der Waals surface area (Å²) in [6, 6.07) is 7.61. The zero-order valence-corrected chi connectivity index (χ0v) is 14.0. The SMILES string of the molecule is CC1(C)OB(c2cccc(C#CC3CC(F)(F)C3)c2)OC1(C)C. The lowest BCUT2D eigenvalue weighted by molar-refractivity contribution is -0.0936. The van der Waals surface area contributed by atoms with Crippen LogP contribution >= 0.6 is 0 Å². The fourth-order valence-corrected chi connectivity index (χ4v) is 2.69. The van der Waals surface area contributed by atoms with Gasteiger partial charge in [0.05, 0.1) is 11.2 Å². The quantitative estimate of drug-likeness (QED) is 0.584. The highest BCUT2D eigenvalue weighted by atomic mass is 19.3. The maximum Gasteiger partial charge on any atom is 0.494 e. The van der Waals surface area contributed by atoms with Gasteiger partial charge in [0.2, 0.25) is 0 Å². The fraction of sp³-hybridized carbons (Fsp3) is 0.556. The van der Waals surface area contributed by atoms with E-state index in [1.165, 1.54) is 0 Å². The van der Waals surface area contributed by atoms with Crippen molar-refractivity contribution in [3.63, 3.8) is 0 Å². The molecule has 1 aromatic carbocycles. The average molecular weight is 318 g/mol. The van der Waals surface area contributed by atoms with Crippen LogP contribution in [-0.2, 0) is 9.31 Å². The van der Waals surface area contributed by atoms with Crippen LogP contribution in [0.3, 0.4) is 0 Å². The second-order valence-electron chi connectivity index (χ2n) is 7.44. The van der Waals surface area contributed by atoms with Crippen LogP contribution in [0.4, 0.5) is 8.78 Å². The highest BCUT2D eigenvalue weighted by molar-refractivity contribution is 6.62. The minimum Gasteiger partial charge on any atom is -0.399 e. The first kappa shape index (κ1) is 16.5. The molecule has 0 N–H and O–H groups in total. The van der Waals surface area contributed by atoms with Crippen molar-refractivity contribution in [1.29, 1.82) is 0 Å². The summed E-state index contributed by atoms with van der Waals surface area (Å²) >= 11 is 0. The Morgan fingerprint density at radius 1 is 1.09 bits per heavy atom. The molecule has 122 valence electrons. The Hall–Kier alpha value is -1.38. The molecule has 2 nitrogen and oxygen atoms in total. The number of rotatable bonds is 1. The maximum atomic E-state index is 12.8. The van der Waals surface area contributed by atoms with Gasteiger partial charge in [-0.15, -0.1) is 0 Å². The topological polar surface area (TPSA) is 18.5 Å². The molecule has 23 heavy (non-hydrogen) atoms. The van der Waals surface area contributed by atoms with Crippen LogP contribution in [0.25, 0.3) is 0 Å². The predicted octanol–water partition coefficient (Wildman–Crippen LogP) is 3.38. The first-order chi connectivity index (χ1) is 10.6. The number of hydrogen-bond acceptors (Lipinski definition) is 2. The van der Waals surface area contributed by atoms with Crippen molar-refractivity contribution in [2.45, 2.75) is 57.7 Å². The third-order valence-corrected chi connectivity index (χ3v) is 4.92. The molecule has 1 aromatic rings. The Labute approximate surface area is 136 Å². The molecule has 0 atom stereocenters. The van der Waals surface area contributed by atoms with Crippen LogP contribution in [0.1, 0.15) is 46.1 Å². The molecule has 0 aromatic heterocycles. The van der Waals surface area contributed by atoms with Gasteiger partial charge >= 0.3 is 7.12 Å². The standard InChI is InChI=1S/C18H21BF2O2/c1-16(2)17(3,4)23-19(22-16)15-7-5-6-13(10-15)8-9-14-11-18(20,21)12-14/h5-7,10,14H,11-12H2,1-4H3. The van der Waals surface area contributed by atoms with Gasteiger partial charge in [0.25, 0.3) is 5.92 Å². The van der Waals surface area contributed by atoms with Crippen molar-refractivity contribution in [2.24, 2.45) is 5.92 Å². The largest absolute Gasteiger partial charge is 0.494 e. The number of hydrogen-bond donors (Lipinski definition) is 0. The normalized spacial score (nSPS) is 24.7. The van der Waals surface area contributed by atoms with Crippen LogP contribution in [0.5, 0.6) is 0 Å². The van der Waals surface area contributed by atoms with Gasteiger partial charge in [-0.2, -0.15) is 0 Å². The first-order valence-corrected chi connectivity index (χ1v) is 7.93. The van der Waals surface area contributed by atoms with E-state index < -0.39 is 24.2 Å². The van der Waals surface area contributed by atoms with Crippen LogP contribution < -0.4 is 5.46 Å². The van der Waals surface area contributed by atoms with Crippen molar-refractivity contribution in [3.8, 4) is 11.8 Å². The molecule has 0 bridgehead atoms. The molecule has 2 fully saturated rings. The number of halogens is 2. The van der Waals surface area contributed by atoms with E-state index >= 15 is 0 Å². The van der Waals surface area contributed by atoms with Gasteiger partial charge in [0, 0.05) is 24.3 Å². The van der Waals surface area contributed by atoms with Crippen molar-refractivity contribution >= 4 is 12.6 Å². The number of alkyl halides is 2. The molecule has 1 saturated carbocycles. The van der Waals surface area contributed by atoms with Crippen LogP contribution in [0.15, 0.2) is 24.3 Å². The Morgan fingerprint density at radius 3 is 2.26 bits per heavy atom. The van der Waals surface area contributed by atoms with E-state index in [0.29, 0.717) is 0 Å². The molecule has 1 aliphatic heterocycles. The molecule has 0 unspecified atom stereocenters. The van der Waals surface area contributed by atoms with E-state index in [4.69, 9.17) is 9.31 Å². The molecule has 1 aliphatic carbocycles. The molecule has 2 aliphatic rings. The van der Waals surface area contributed by atoms with E-state index in [2.05, 4.69) is 11.8 Å². The summed E-state index contributed by atoms with van der Waals surface area (Å²) in [4.78, 5) is 0. The second-order valence-corrected chi connectivity index (χ2v) is 7.44. The second kappa shape index (κ2) is 5.32. The van der Waals surface area contributed by atoms with Crippen LogP contribution in [0.2, 0.25) is 0 Å². The molecule has 0 radical (unpaired) electrons. The van der Waals surface area contributed by atoms with Crippen molar-refractivity contribution < 1.29 is 18.1 Å². The fourth-order valence-electron chi connectivity index (χ4n) is 2.69. The lowest BCUT2D eigenvalue weighted by Gasteiger charge is -2.32. The molecule has 3 rings (SSSR count). The zero-order valence-electron chi connectivity index (χ0n) is 14.0. The highest BCUT2D eigenvalue weighted by Gasteiger charge is 2.51. The smallest absolute Gasteiger partial charge is 0.399 e. The Balaban J connectivity index is 1.73. The molecule has 1 saturated heterocycles. The monoisotopic (exact) mass is 318 g/mol. The minimum absolute atomic E-state index is 0.128. The highest BCUT2D eigenvalue weighted by Crippen LogP contribution is 2.41. The van der Waals surface area contributed by atoms with Crippen LogP contribution in [0, 0.1) is 17.8 Å². The molecular formula is C18H21BF2O2. The molecule has 0 amide bonds. The molecule has 5 heteroatoms. The number of benzene rings is 1. The summed E-state index contributed by atoms with van der Waals surface area (Å²) in [5.74, 6) is 3.20. The first-order valence-electron chi connectivity index (χ1n) is 7.93. The van der Waals surface area contributed by atoms with E-state index in [1.807, 2.05) is 52.0 Å².